The van der Waals surface area contributed by atoms with Crippen molar-refractivity contribution in [3.8, 4) is 16.9 Å². The molecule has 27 heteroatoms. The van der Waals surface area contributed by atoms with Crippen LogP contribution in [0.2, 0.25) is 0 Å². The molecule has 27 nitrogen and oxygen atoms in total. The fourth-order valence-corrected chi connectivity index (χ4v) is 8.42. The molecule has 2 aliphatic rings. The molecule has 0 unspecified atom stereocenters. The van der Waals surface area contributed by atoms with E-state index in [4.69, 9.17) is 85.3 Å². The SMILES string of the molecule is C=CCOC(=O)O[C@@H]1[C@@H](OC(=O)OCC=C)[C@H](Oc2ccc(CO)cc2NC(=O)CCOCCOCCOCCOCCOCCOCCOCCOCCNC(=O)OCC2c3ccccc3-c3ccccc32)O[C@H](C(=O)OCC=C)[C@H]1OC(=O)OCC=C. The second-order valence-electron chi connectivity index (χ2n) is 18.7. The number of carbonyl (C=O) groups is 6. The molecule has 0 saturated carbocycles. The Morgan fingerprint density at radius 3 is 1.43 bits per heavy atom. The molecule has 2 amide bonds. The number of hydrogen-bond acceptors (Lipinski definition) is 25. The van der Waals surface area contributed by atoms with Crippen LogP contribution in [0.25, 0.3) is 11.1 Å². The van der Waals surface area contributed by atoms with Crippen LogP contribution in [0.1, 0.15) is 29.0 Å². The summed E-state index contributed by atoms with van der Waals surface area (Å²) in [7, 11) is 0. The van der Waals surface area contributed by atoms with Crippen molar-refractivity contribution in [2.75, 3.05) is 151 Å². The van der Waals surface area contributed by atoms with Crippen LogP contribution in [0.5, 0.6) is 5.75 Å². The number of amides is 2. The summed E-state index contributed by atoms with van der Waals surface area (Å²) in [5, 5.41) is 15.4. The Bertz CT molecular complexity index is 2630. The maximum Gasteiger partial charge on any atom is 0.509 e. The van der Waals surface area contributed by atoms with Crippen molar-refractivity contribution in [1.82, 2.24) is 5.32 Å². The average Bonchev–Trinajstić information content (AvgIpc) is 2.01. The normalized spacial score (nSPS) is 16.5. The molecule has 1 aliphatic heterocycles. The topological polar surface area (TPSA) is 313 Å². The van der Waals surface area contributed by atoms with Gasteiger partial charge in [-0.15, -0.1) is 0 Å². The highest BCUT2D eigenvalue weighted by atomic mass is 16.8. The van der Waals surface area contributed by atoms with E-state index in [9.17, 15) is 33.9 Å². The third-order valence-electron chi connectivity index (χ3n) is 12.4. The summed E-state index contributed by atoms with van der Waals surface area (Å²) < 4.78 is 98.7. The Balaban J connectivity index is 0.900. The fourth-order valence-electron chi connectivity index (χ4n) is 8.42. The Kier molecular flexibility index (Phi) is 34.6. The van der Waals surface area contributed by atoms with E-state index in [1.807, 2.05) is 24.3 Å². The lowest BCUT2D eigenvalue weighted by Gasteiger charge is -2.42. The molecule has 1 fully saturated rings. The van der Waals surface area contributed by atoms with Gasteiger partial charge >= 0.3 is 30.5 Å². The third kappa shape index (κ3) is 26.3. The minimum Gasteiger partial charge on any atom is -0.459 e. The number of aliphatic hydroxyl groups excluding tert-OH is 1. The van der Waals surface area contributed by atoms with Crippen LogP contribution < -0.4 is 15.4 Å². The van der Waals surface area contributed by atoms with Crippen molar-refractivity contribution in [1.29, 1.82) is 0 Å². The standard InChI is InChI=1S/C62H80N2O25/c1-5-21-80-57(67)55-53(87-60(69)81-22-6-2)54(88-61(70)82-23-7-3)56(89-62(71)83-24-8-4)58(86-55)85-51-18-17-44(42-65)41-50(51)64-52(66)19-25-72-27-29-74-31-33-76-35-37-78-39-40-79-38-36-77-34-32-75-30-28-73-26-20-63-59(68)84-43-49-47-15-11-9-13-45(47)46-14-10-12-16-48(46)49/h5-18,41,49,53-56,58,65H,1-4,19-40,42-43H2,(H,63,68)(H,64,66)/t53-,54-,55-,56+,58+/m0/s1. The van der Waals surface area contributed by atoms with Gasteiger partial charge in [0.1, 0.15) is 38.8 Å². The van der Waals surface area contributed by atoms with E-state index < -0.39 is 73.7 Å². The first-order valence-electron chi connectivity index (χ1n) is 28.7. The van der Waals surface area contributed by atoms with Gasteiger partial charge in [-0.25, -0.2) is 24.0 Å². The van der Waals surface area contributed by atoms with Gasteiger partial charge in [0.2, 0.25) is 18.3 Å². The smallest absolute Gasteiger partial charge is 0.459 e. The molecular formula is C62H80N2O25. The molecule has 5 atom stereocenters. The number of anilines is 1. The lowest BCUT2D eigenvalue weighted by molar-refractivity contribution is -0.276. The molecule has 0 spiro atoms. The summed E-state index contributed by atoms with van der Waals surface area (Å²) >= 11 is 0. The molecule has 3 aromatic rings. The predicted octanol–water partition coefficient (Wildman–Crippen LogP) is 6.14. The quantitative estimate of drug-likeness (QED) is 0.0248. The Hall–Kier alpha value is -7.96. The maximum atomic E-state index is 13.6. The van der Waals surface area contributed by atoms with Crippen LogP contribution in [0.3, 0.4) is 0 Å². The second-order valence-corrected chi connectivity index (χ2v) is 18.7. The first-order valence-corrected chi connectivity index (χ1v) is 28.7. The monoisotopic (exact) mass is 1250 g/mol. The van der Waals surface area contributed by atoms with Crippen molar-refractivity contribution < 1.29 is 119 Å². The van der Waals surface area contributed by atoms with Crippen LogP contribution in [0.4, 0.5) is 24.9 Å². The molecule has 89 heavy (non-hydrogen) atoms. The number of ether oxygens (including phenoxy) is 18. The number of fused-ring (bicyclic) bond motifs is 3. The molecule has 5 rings (SSSR count). The van der Waals surface area contributed by atoms with Gasteiger partial charge in [0.05, 0.1) is 124 Å². The van der Waals surface area contributed by atoms with E-state index in [1.54, 1.807) is 0 Å². The van der Waals surface area contributed by atoms with E-state index in [1.165, 1.54) is 53.6 Å². The average molecular weight is 1250 g/mol. The van der Waals surface area contributed by atoms with Gasteiger partial charge in [0.15, 0.2) is 18.3 Å². The number of hydrogen-bond donors (Lipinski definition) is 3. The lowest BCUT2D eigenvalue weighted by atomic mass is 9.98. The van der Waals surface area contributed by atoms with Crippen LogP contribution in [0.15, 0.2) is 117 Å². The van der Waals surface area contributed by atoms with E-state index in [-0.39, 0.29) is 83.2 Å². The third-order valence-corrected chi connectivity index (χ3v) is 12.4. The molecule has 1 saturated heterocycles. The zero-order chi connectivity index (χ0) is 63.7. The van der Waals surface area contributed by atoms with E-state index in [0.29, 0.717) is 91.4 Å². The minimum atomic E-state index is -1.98. The molecular weight excluding hydrogens is 1170 g/mol. The Morgan fingerprint density at radius 2 is 0.944 bits per heavy atom. The van der Waals surface area contributed by atoms with Crippen molar-refractivity contribution in [3.63, 3.8) is 0 Å². The molecule has 1 heterocycles. The molecule has 3 aromatic carbocycles. The van der Waals surface area contributed by atoms with E-state index in [0.717, 1.165) is 11.1 Å². The number of alkyl carbamates (subject to hydrolysis) is 1. The van der Waals surface area contributed by atoms with Crippen LogP contribution in [-0.2, 0) is 96.7 Å². The Morgan fingerprint density at radius 1 is 0.506 bits per heavy atom. The van der Waals surface area contributed by atoms with Gasteiger partial charge in [-0.2, -0.15) is 0 Å². The van der Waals surface area contributed by atoms with Gasteiger partial charge in [0, 0.05) is 12.5 Å². The van der Waals surface area contributed by atoms with Gasteiger partial charge in [0.25, 0.3) is 0 Å². The Labute approximate surface area is 516 Å². The maximum absolute atomic E-state index is 13.6. The summed E-state index contributed by atoms with van der Waals surface area (Å²) in [5.41, 5.74) is 4.96. The number of nitrogens with one attached hydrogen (secondary N) is 2. The van der Waals surface area contributed by atoms with Crippen LogP contribution >= 0.6 is 0 Å². The summed E-state index contributed by atoms with van der Waals surface area (Å²) in [6.07, 6.45) is -9.69. The van der Waals surface area contributed by atoms with Gasteiger partial charge in [-0.05, 0) is 39.9 Å². The lowest BCUT2D eigenvalue weighted by Crippen LogP contribution is -2.64. The zero-order valence-electron chi connectivity index (χ0n) is 49.7. The number of benzene rings is 3. The van der Waals surface area contributed by atoms with Gasteiger partial charge in [-0.1, -0.05) is 105 Å². The van der Waals surface area contributed by atoms with Crippen LogP contribution in [-0.4, -0.2) is 218 Å². The summed E-state index contributed by atoms with van der Waals surface area (Å²) in [4.78, 5) is 78.0. The van der Waals surface area contributed by atoms with Crippen molar-refractivity contribution >= 4 is 42.1 Å². The molecule has 0 radical (unpaired) electrons. The first-order chi connectivity index (χ1) is 43.5. The summed E-state index contributed by atoms with van der Waals surface area (Å²) in [6.45, 7) is 17.8. The highest BCUT2D eigenvalue weighted by Crippen LogP contribution is 2.44. The minimum absolute atomic E-state index is 0.000469. The second kappa shape index (κ2) is 42.8. The molecule has 0 bridgehead atoms. The number of aliphatic hydroxyl groups is 1. The van der Waals surface area contributed by atoms with Crippen molar-refractivity contribution in [2.24, 2.45) is 0 Å². The first kappa shape index (κ1) is 71.8. The highest BCUT2D eigenvalue weighted by molar-refractivity contribution is 5.92. The highest BCUT2D eigenvalue weighted by Gasteiger charge is 2.57. The van der Waals surface area contributed by atoms with Crippen molar-refractivity contribution in [3.05, 3.63) is 134 Å². The van der Waals surface area contributed by atoms with E-state index in [2.05, 4.69) is 61.2 Å². The summed E-state index contributed by atoms with van der Waals surface area (Å²) in [6, 6.07) is 20.5. The summed E-state index contributed by atoms with van der Waals surface area (Å²) in [5.74, 6) is -1.91. The number of esters is 1. The molecule has 0 aromatic heterocycles. The largest absolute Gasteiger partial charge is 0.509 e. The number of carbonyl (C=O) groups excluding carboxylic acids is 6. The van der Waals surface area contributed by atoms with Crippen LogP contribution in [0, 0.1) is 0 Å². The number of rotatable bonds is 45. The van der Waals surface area contributed by atoms with Crippen molar-refractivity contribution in [2.45, 2.75) is 49.7 Å². The fraction of sp³-hybridized carbons (Fsp3) is 0.484. The van der Waals surface area contributed by atoms with E-state index >= 15 is 0 Å². The molecule has 3 N–H and O–H groups in total. The molecule has 1 aliphatic carbocycles. The van der Waals surface area contributed by atoms with Gasteiger partial charge < -0.3 is 101 Å². The molecule has 488 valence electrons. The van der Waals surface area contributed by atoms with Gasteiger partial charge in [-0.3, -0.25) is 4.79 Å². The zero-order valence-corrected chi connectivity index (χ0v) is 49.7. The predicted molar refractivity (Wildman–Crippen MR) is 315 cm³/mol.